The van der Waals surface area contributed by atoms with E-state index in [2.05, 4.69) is 24.0 Å². The molecule has 2 bridgehead atoms. The van der Waals surface area contributed by atoms with Gasteiger partial charge in [0.2, 0.25) is 0 Å². The Labute approximate surface area is 137 Å². The Balaban J connectivity index is 1.53. The molecule has 3 heteroatoms. The lowest BCUT2D eigenvalue weighted by Gasteiger charge is -2.46. The Morgan fingerprint density at radius 1 is 1.30 bits per heavy atom. The van der Waals surface area contributed by atoms with E-state index in [4.69, 9.17) is 9.15 Å². The number of nitrogens with zero attached hydrogens (tertiary/aromatic N) is 1. The zero-order valence-corrected chi connectivity index (χ0v) is 14.0. The molecule has 1 aromatic carbocycles. The number of rotatable bonds is 5. The van der Waals surface area contributed by atoms with Crippen molar-refractivity contribution in [3.63, 3.8) is 0 Å². The lowest BCUT2D eigenvalue weighted by molar-refractivity contribution is 0.0826. The third kappa shape index (κ3) is 2.57. The number of hydrogen-bond acceptors (Lipinski definition) is 3. The molecule has 3 aliphatic rings. The molecule has 23 heavy (non-hydrogen) atoms. The third-order valence-corrected chi connectivity index (χ3v) is 5.61. The van der Waals surface area contributed by atoms with E-state index < -0.39 is 0 Å². The normalized spacial score (nSPS) is 27.0. The number of fused-ring (bicyclic) bond motifs is 3. The van der Waals surface area contributed by atoms with Gasteiger partial charge in [-0.05, 0) is 36.8 Å². The Hall–Kier alpha value is -1.74. The minimum absolute atomic E-state index is 0.630. The monoisotopic (exact) mass is 311 g/mol. The SMILES string of the molecule is CCC1CC2C=CC1N(CCc1coc3cccc(OC)c13)C2. The molecule has 3 unspecified atom stereocenters. The molecule has 1 saturated heterocycles. The molecule has 0 N–H and O–H groups in total. The molecule has 5 rings (SSSR count). The van der Waals surface area contributed by atoms with Gasteiger partial charge in [0.1, 0.15) is 11.3 Å². The van der Waals surface area contributed by atoms with Crippen molar-refractivity contribution in [2.75, 3.05) is 20.2 Å². The maximum absolute atomic E-state index is 5.72. The van der Waals surface area contributed by atoms with Gasteiger partial charge in [-0.25, -0.2) is 0 Å². The first kappa shape index (κ1) is 14.8. The second-order valence-electron chi connectivity index (χ2n) is 6.88. The number of benzene rings is 1. The topological polar surface area (TPSA) is 25.6 Å². The molecule has 3 nitrogen and oxygen atoms in total. The van der Waals surface area contributed by atoms with Crippen LogP contribution in [-0.2, 0) is 6.42 Å². The molecule has 122 valence electrons. The van der Waals surface area contributed by atoms with E-state index in [1.165, 1.54) is 24.9 Å². The van der Waals surface area contributed by atoms with Crippen molar-refractivity contribution < 1.29 is 9.15 Å². The molecule has 1 aromatic heterocycles. The van der Waals surface area contributed by atoms with E-state index in [9.17, 15) is 0 Å². The van der Waals surface area contributed by atoms with Gasteiger partial charge in [-0.3, -0.25) is 4.90 Å². The molecule has 0 saturated carbocycles. The van der Waals surface area contributed by atoms with E-state index in [0.717, 1.165) is 41.5 Å². The van der Waals surface area contributed by atoms with Crippen LogP contribution in [0.4, 0.5) is 0 Å². The van der Waals surface area contributed by atoms with Crippen LogP contribution >= 0.6 is 0 Å². The largest absolute Gasteiger partial charge is 0.496 e. The molecule has 0 spiro atoms. The summed E-state index contributed by atoms with van der Waals surface area (Å²) in [4.78, 5) is 2.66. The number of methoxy groups -OCH3 is 1. The predicted octanol–water partition coefficient (Wildman–Crippen LogP) is 4.27. The summed E-state index contributed by atoms with van der Waals surface area (Å²) in [5.74, 6) is 2.49. The fourth-order valence-corrected chi connectivity index (χ4v) is 4.40. The van der Waals surface area contributed by atoms with E-state index >= 15 is 0 Å². The lowest BCUT2D eigenvalue weighted by atomic mass is 9.76. The minimum atomic E-state index is 0.630. The lowest BCUT2D eigenvalue weighted by Crippen LogP contribution is -2.50. The van der Waals surface area contributed by atoms with E-state index in [1.54, 1.807) is 7.11 Å². The van der Waals surface area contributed by atoms with Crippen LogP contribution in [0.15, 0.2) is 41.0 Å². The minimum Gasteiger partial charge on any atom is -0.496 e. The first-order valence-corrected chi connectivity index (χ1v) is 8.75. The zero-order chi connectivity index (χ0) is 15.8. The summed E-state index contributed by atoms with van der Waals surface area (Å²) in [5.41, 5.74) is 2.18. The van der Waals surface area contributed by atoms with Crippen LogP contribution in [0.2, 0.25) is 0 Å². The maximum atomic E-state index is 5.72. The fraction of sp³-hybridized carbons (Fsp3) is 0.500. The van der Waals surface area contributed by atoms with Crippen LogP contribution in [0.3, 0.4) is 0 Å². The molecule has 0 amide bonds. The van der Waals surface area contributed by atoms with Gasteiger partial charge in [0.25, 0.3) is 0 Å². The molecular weight excluding hydrogens is 286 g/mol. The summed E-state index contributed by atoms with van der Waals surface area (Å²) < 4.78 is 11.2. The fourth-order valence-electron chi connectivity index (χ4n) is 4.40. The highest BCUT2D eigenvalue weighted by Crippen LogP contribution is 2.36. The van der Waals surface area contributed by atoms with E-state index in [1.807, 2.05) is 24.5 Å². The van der Waals surface area contributed by atoms with E-state index in [-0.39, 0.29) is 0 Å². The molecule has 1 aliphatic carbocycles. The van der Waals surface area contributed by atoms with Gasteiger partial charge < -0.3 is 9.15 Å². The van der Waals surface area contributed by atoms with Crippen molar-refractivity contribution in [2.24, 2.45) is 11.8 Å². The van der Waals surface area contributed by atoms with Gasteiger partial charge in [0.15, 0.2) is 0 Å². The smallest absolute Gasteiger partial charge is 0.137 e. The molecule has 2 aliphatic heterocycles. The highest BCUT2D eigenvalue weighted by atomic mass is 16.5. The summed E-state index contributed by atoms with van der Waals surface area (Å²) in [6, 6.07) is 6.64. The Morgan fingerprint density at radius 3 is 3.00 bits per heavy atom. The van der Waals surface area contributed by atoms with Crippen molar-refractivity contribution in [2.45, 2.75) is 32.2 Å². The van der Waals surface area contributed by atoms with Crippen LogP contribution < -0.4 is 4.74 Å². The van der Waals surface area contributed by atoms with Gasteiger partial charge in [-0.1, -0.05) is 31.6 Å². The Morgan fingerprint density at radius 2 is 2.22 bits per heavy atom. The van der Waals surface area contributed by atoms with Crippen molar-refractivity contribution in [3.8, 4) is 5.75 Å². The summed E-state index contributed by atoms with van der Waals surface area (Å²) in [5, 5.41) is 1.14. The van der Waals surface area contributed by atoms with Crippen molar-refractivity contribution in [3.05, 3.63) is 42.2 Å². The van der Waals surface area contributed by atoms with Gasteiger partial charge in [-0.15, -0.1) is 0 Å². The number of hydrogen-bond donors (Lipinski definition) is 0. The number of ether oxygens (including phenoxy) is 1. The van der Waals surface area contributed by atoms with Crippen molar-refractivity contribution >= 4 is 11.0 Å². The average molecular weight is 311 g/mol. The van der Waals surface area contributed by atoms with Crippen molar-refractivity contribution in [1.29, 1.82) is 0 Å². The Kier molecular flexibility index (Phi) is 3.90. The molecule has 3 atom stereocenters. The van der Waals surface area contributed by atoms with Gasteiger partial charge in [0, 0.05) is 24.7 Å². The van der Waals surface area contributed by atoms with Crippen LogP contribution in [0.25, 0.3) is 11.0 Å². The van der Waals surface area contributed by atoms with Crippen molar-refractivity contribution in [1.82, 2.24) is 4.90 Å². The highest BCUT2D eigenvalue weighted by molar-refractivity contribution is 5.87. The Bertz CT molecular complexity index is 718. The quantitative estimate of drug-likeness (QED) is 0.771. The highest BCUT2D eigenvalue weighted by Gasteiger charge is 2.36. The number of piperidine rings is 1. The third-order valence-electron chi connectivity index (χ3n) is 5.61. The zero-order valence-electron chi connectivity index (χ0n) is 14.0. The molecular formula is C20H25NO2. The summed E-state index contributed by atoms with van der Waals surface area (Å²) in [6.45, 7) is 4.63. The number of furan rings is 1. The average Bonchev–Trinajstić information content (AvgIpc) is 3.03. The maximum Gasteiger partial charge on any atom is 0.137 e. The van der Waals surface area contributed by atoms with Gasteiger partial charge in [0.05, 0.1) is 18.8 Å². The van der Waals surface area contributed by atoms with Gasteiger partial charge in [-0.2, -0.15) is 0 Å². The first-order valence-electron chi connectivity index (χ1n) is 8.75. The van der Waals surface area contributed by atoms with Crippen LogP contribution in [0.5, 0.6) is 5.75 Å². The molecule has 0 radical (unpaired) electrons. The molecule has 3 heterocycles. The summed E-state index contributed by atoms with van der Waals surface area (Å²) in [6.07, 6.45) is 10.5. The second-order valence-corrected chi connectivity index (χ2v) is 6.88. The predicted molar refractivity (Wildman–Crippen MR) is 92.9 cm³/mol. The second kappa shape index (κ2) is 6.04. The molecule has 2 aromatic rings. The first-order chi connectivity index (χ1) is 11.3. The summed E-state index contributed by atoms with van der Waals surface area (Å²) >= 11 is 0. The van der Waals surface area contributed by atoms with Crippen LogP contribution in [0.1, 0.15) is 25.3 Å². The molecule has 1 fully saturated rings. The van der Waals surface area contributed by atoms with Gasteiger partial charge >= 0.3 is 0 Å². The standard InChI is InChI=1S/C20H25NO2/c1-3-15-11-14-7-8-17(15)21(12-14)10-9-16-13-23-19-6-4-5-18(22-2)20(16)19/h4-8,13-15,17H,3,9-12H2,1-2H3. The van der Waals surface area contributed by atoms with Crippen LogP contribution in [-0.4, -0.2) is 31.1 Å². The van der Waals surface area contributed by atoms with Crippen LogP contribution in [0, 0.1) is 11.8 Å². The van der Waals surface area contributed by atoms with E-state index in [0.29, 0.717) is 6.04 Å². The summed E-state index contributed by atoms with van der Waals surface area (Å²) in [7, 11) is 1.73.